The fourth-order valence-electron chi connectivity index (χ4n) is 2.09. The van der Waals surface area contributed by atoms with Crippen molar-refractivity contribution in [3.05, 3.63) is 36.9 Å². The highest BCUT2D eigenvalue weighted by Crippen LogP contribution is 2.30. The minimum atomic E-state index is -0.134. The molecule has 0 aromatic heterocycles. The lowest BCUT2D eigenvalue weighted by atomic mass is 10.2. The molecule has 1 amide bonds. The van der Waals surface area contributed by atoms with Crippen molar-refractivity contribution in [2.75, 3.05) is 19.7 Å². The highest BCUT2D eigenvalue weighted by molar-refractivity contribution is 5.87. The molecule has 1 atom stereocenters. The van der Waals surface area contributed by atoms with Gasteiger partial charge in [-0.05, 0) is 24.6 Å². The number of para-hydroxylation sites is 2. The summed E-state index contributed by atoms with van der Waals surface area (Å²) in [5, 5.41) is 0. The summed E-state index contributed by atoms with van der Waals surface area (Å²) < 4.78 is 11.5. The van der Waals surface area contributed by atoms with Crippen LogP contribution >= 0.6 is 0 Å². The molecule has 1 aliphatic rings. The second kappa shape index (κ2) is 6.27. The second-order valence-corrected chi connectivity index (χ2v) is 4.49. The van der Waals surface area contributed by atoms with E-state index in [1.54, 1.807) is 4.90 Å². The largest absolute Gasteiger partial charge is 0.486 e. The number of nitrogens with zero attached hydrogens (tertiary/aromatic N) is 1. The van der Waals surface area contributed by atoms with Gasteiger partial charge < -0.3 is 14.4 Å². The summed E-state index contributed by atoms with van der Waals surface area (Å²) in [5.74, 6) is 1.43. The van der Waals surface area contributed by atoms with Crippen LogP contribution in [0.1, 0.15) is 13.3 Å². The highest BCUT2D eigenvalue weighted by Gasteiger charge is 2.24. The zero-order valence-corrected chi connectivity index (χ0v) is 11.2. The van der Waals surface area contributed by atoms with Gasteiger partial charge in [-0.1, -0.05) is 25.6 Å². The predicted molar refractivity (Wildman–Crippen MR) is 73.4 cm³/mol. The first kappa shape index (κ1) is 13.5. The normalized spacial score (nSPS) is 16.8. The quantitative estimate of drug-likeness (QED) is 0.763. The number of carbonyl (C=O) groups is 1. The van der Waals surface area contributed by atoms with Crippen molar-refractivity contribution < 1.29 is 14.3 Å². The Morgan fingerprint density at radius 3 is 2.89 bits per heavy atom. The zero-order valence-electron chi connectivity index (χ0n) is 11.2. The van der Waals surface area contributed by atoms with Crippen LogP contribution in [0, 0.1) is 0 Å². The molecule has 19 heavy (non-hydrogen) atoms. The van der Waals surface area contributed by atoms with E-state index in [9.17, 15) is 4.79 Å². The Bertz CT molecular complexity index is 458. The Kier molecular flexibility index (Phi) is 4.44. The van der Waals surface area contributed by atoms with E-state index in [0.29, 0.717) is 19.7 Å². The topological polar surface area (TPSA) is 38.8 Å². The average Bonchev–Trinajstić information content (AvgIpc) is 2.46. The number of carbonyl (C=O) groups excluding carboxylic acids is 1. The summed E-state index contributed by atoms with van der Waals surface area (Å²) in [7, 11) is 0. The molecule has 0 N–H and O–H groups in total. The molecule has 0 fully saturated rings. The average molecular weight is 261 g/mol. The lowest BCUT2D eigenvalue weighted by molar-refractivity contribution is -0.127. The van der Waals surface area contributed by atoms with Crippen LogP contribution < -0.4 is 9.47 Å². The van der Waals surface area contributed by atoms with Crippen molar-refractivity contribution in [3.63, 3.8) is 0 Å². The molecule has 0 bridgehead atoms. The van der Waals surface area contributed by atoms with Crippen LogP contribution in [0.15, 0.2) is 36.9 Å². The van der Waals surface area contributed by atoms with Crippen molar-refractivity contribution in [1.82, 2.24) is 4.90 Å². The summed E-state index contributed by atoms with van der Waals surface area (Å²) in [5.41, 5.74) is 0. The maximum atomic E-state index is 11.7. The van der Waals surface area contributed by atoms with Crippen LogP contribution in [-0.2, 0) is 4.79 Å². The summed E-state index contributed by atoms with van der Waals surface area (Å²) >= 11 is 0. The molecule has 0 saturated heterocycles. The number of ether oxygens (including phenoxy) is 2. The Labute approximate surface area is 113 Å². The van der Waals surface area contributed by atoms with Crippen molar-refractivity contribution in [2.45, 2.75) is 19.4 Å². The molecule has 1 aliphatic heterocycles. The van der Waals surface area contributed by atoms with Gasteiger partial charge in [0.05, 0.1) is 6.54 Å². The number of fused-ring (bicyclic) bond motifs is 1. The monoisotopic (exact) mass is 261 g/mol. The first-order chi connectivity index (χ1) is 9.24. The number of hydrogen-bond acceptors (Lipinski definition) is 3. The summed E-state index contributed by atoms with van der Waals surface area (Å²) in [4.78, 5) is 13.5. The summed E-state index contributed by atoms with van der Waals surface area (Å²) in [6, 6.07) is 7.57. The van der Waals surface area contributed by atoms with E-state index in [1.807, 2.05) is 31.2 Å². The van der Waals surface area contributed by atoms with E-state index >= 15 is 0 Å². The first-order valence-corrected chi connectivity index (χ1v) is 6.54. The standard InChI is InChI=1S/C15H19NO3/c1-3-9-16(15(17)4-2)10-12-11-18-13-7-5-6-8-14(13)19-12/h4-8,12H,2-3,9-11H2,1H3. The van der Waals surface area contributed by atoms with Crippen LogP contribution in [0.4, 0.5) is 0 Å². The van der Waals surface area contributed by atoms with Gasteiger partial charge in [-0.25, -0.2) is 0 Å². The van der Waals surface area contributed by atoms with Crippen molar-refractivity contribution in [2.24, 2.45) is 0 Å². The summed E-state index contributed by atoms with van der Waals surface area (Å²) in [6.45, 7) is 7.25. The lowest BCUT2D eigenvalue weighted by Gasteiger charge is -2.30. The molecular weight excluding hydrogens is 242 g/mol. The molecule has 1 unspecified atom stereocenters. The molecule has 0 saturated carbocycles. The van der Waals surface area contributed by atoms with E-state index < -0.39 is 0 Å². The maximum Gasteiger partial charge on any atom is 0.246 e. The fourth-order valence-corrected chi connectivity index (χ4v) is 2.09. The maximum absolute atomic E-state index is 11.7. The van der Waals surface area contributed by atoms with Gasteiger partial charge in [0, 0.05) is 6.54 Å². The van der Waals surface area contributed by atoms with E-state index in [-0.39, 0.29) is 12.0 Å². The zero-order chi connectivity index (χ0) is 13.7. The molecule has 0 radical (unpaired) electrons. The van der Waals surface area contributed by atoms with Gasteiger partial charge >= 0.3 is 0 Å². The molecule has 4 heteroatoms. The van der Waals surface area contributed by atoms with Crippen molar-refractivity contribution >= 4 is 5.91 Å². The number of hydrogen-bond donors (Lipinski definition) is 0. The van der Waals surface area contributed by atoms with Crippen LogP contribution in [-0.4, -0.2) is 36.6 Å². The molecule has 0 aliphatic carbocycles. The molecule has 2 rings (SSSR count). The first-order valence-electron chi connectivity index (χ1n) is 6.54. The lowest BCUT2D eigenvalue weighted by Crippen LogP contribution is -2.43. The van der Waals surface area contributed by atoms with E-state index in [0.717, 1.165) is 17.9 Å². The van der Waals surface area contributed by atoms with Crippen molar-refractivity contribution in [3.8, 4) is 11.5 Å². The van der Waals surface area contributed by atoms with E-state index in [2.05, 4.69) is 6.58 Å². The van der Waals surface area contributed by atoms with Crippen LogP contribution in [0.2, 0.25) is 0 Å². The third-order valence-corrected chi connectivity index (χ3v) is 2.97. The third kappa shape index (κ3) is 3.28. The number of benzene rings is 1. The predicted octanol–water partition coefficient (Wildman–Crippen LogP) is 2.25. The minimum absolute atomic E-state index is 0.0655. The van der Waals surface area contributed by atoms with Gasteiger partial charge in [0.25, 0.3) is 0 Å². The Morgan fingerprint density at radius 2 is 2.21 bits per heavy atom. The summed E-state index contributed by atoms with van der Waals surface area (Å²) in [6.07, 6.45) is 2.11. The third-order valence-electron chi connectivity index (χ3n) is 2.97. The smallest absolute Gasteiger partial charge is 0.246 e. The van der Waals surface area contributed by atoms with Crippen LogP contribution in [0.3, 0.4) is 0 Å². The van der Waals surface area contributed by atoms with Crippen LogP contribution in [0.25, 0.3) is 0 Å². The molecule has 4 nitrogen and oxygen atoms in total. The molecule has 1 heterocycles. The molecule has 0 spiro atoms. The second-order valence-electron chi connectivity index (χ2n) is 4.49. The molecule has 102 valence electrons. The van der Waals surface area contributed by atoms with E-state index in [4.69, 9.17) is 9.47 Å². The van der Waals surface area contributed by atoms with E-state index in [1.165, 1.54) is 6.08 Å². The molecule has 1 aromatic rings. The highest BCUT2D eigenvalue weighted by atomic mass is 16.6. The SMILES string of the molecule is C=CC(=O)N(CCC)CC1COc2ccccc2O1. The van der Waals surface area contributed by atoms with Crippen molar-refractivity contribution in [1.29, 1.82) is 0 Å². The van der Waals surface area contributed by atoms with Gasteiger partial charge in [0.15, 0.2) is 17.6 Å². The Hall–Kier alpha value is -1.97. The molecular formula is C15H19NO3. The Morgan fingerprint density at radius 1 is 1.47 bits per heavy atom. The molecule has 1 aromatic carbocycles. The number of rotatable bonds is 5. The van der Waals surface area contributed by atoms with Gasteiger partial charge in [-0.3, -0.25) is 4.79 Å². The Balaban J connectivity index is 2.00. The van der Waals surface area contributed by atoms with Gasteiger partial charge in [0.2, 0.25) is 5.91 Å². The van der Waals surface area contributed by atoms with Gasteiger partial charge in [-0.2, -0.15) is 0 Å². The van der Waals surface area contributed by atoms with Gasteiger partial charge in [-0.15, -0.1) is 0 Å². The van der Waals surface area contributed by atoms with Crippen LogP contribution in [0.5, 0.6) is 11.5 Å². The fraction of sp³-hybridized carbons (Fsp3) is 0.400. The number of amides is 1. The minimum Gasteiger partial charge on any atom is -0.486 e. The van der Waals surface area contributed by atoms with Gasteiger partial charge in [0.1, 0.15) is 6.61 Å².